The molecule has 25 heavy (non-hydrogen) atoms. The molecule has 0 spiro atoms. The number of anilines is 1. The van der Waals surface area contributed by atoms with Gasteiger partial charge in [0.15, 0.2) is 0 Å². The minimum atomic E-state index is -3.62. The highest BCUT2D eigenvalue weighted by atomic mass is 32.2. The second-order valence-electron chi connectivity index (χ2n) is 7.12. The van der Waals surface area contributed by atoms with Crippen molar-refractivity contribution in [2.75, 3.05) is 31.6 Å². The zero-order chi connectivity index (χ0) is 18.4. The molecule has 1 aromatic heterocycles. The average molecular weight is 363 g/mol. The SMILES string of the molecule is Cc1cc2ncnc(N3CC(C(C)CN(C)S(N)(=O)=O)C3)c2cc1C. The molecule has 0 amide bonds. The van der Waals surface area contributed by atoms with E-state index in [1.807, 2.05) is 0 Å². The fraction of sp³-hybridized carbons (Fsp3) is 0.529. The van der Waals surface area contributed by atoms with Gasteiger partial charge in [-0.3, -0.25) is 0 Å². The molecule has 0 aliphatic carbocycles. The minimum absolute atomic E-state index is 0.233. The Kier molecular flexibility index (Phi) is 4.70. The van der Waals surface area contributed by atoms with Gasteiger partial charge in [0.25, 0.3) is 10.2 Å². The Morgan fingerprint density at radius 3 is 2.56 bits per heavy atom. The Hall–Kier alpha value is -1.77. The summed E-state index contributed by atoms with van der Waals surface area (Å²) in [4.78, 5) is 11.1. The van der Waals surface area contributed by atoms with Crippen molar-refractivity contribution in [3.05, 3.63) is 29.6 Å². The van der Waals surface area contributed by atoms with E-state index < -0.39 is 10.2 Å². The van der Waals surface area contributed by atoms with Gasteiger partial charge in [0, 0.05) is 32.1 Å². The molecule has 3 rings (SSSR count). The molecule has 1 aromatic carbocycles. The largest absolute Gasteiger partial charge is 0.355 e. The Bertz CT molecular complexity index is 893. The zero-order valence-electron chi connectivity index (χ0n) is 15.1. The second kappa shape index (κ2) is 6.51. The zero-order valence-corrected chi connectivity index (χ0v) is 15.9. The van der Waals surface area contributed by atoms with Crippen LogP contribution in [0.15, 0.2) is 18.5 Å². The minimum Gasteiger partial charge on any atom is -0.355 e. The fourth-order valence-corrected chi connectivity index (χ4v) is 3.70. The van der Waals surface area contributed by atoms with Gasteiger partial charge in [-0.1, -0.05) is 6.92 Å². The number of nitrogens with two attached hydrogens (primary N) is 1. The molecule has 2 heterocycles. The number of aryl methyl sites for hydroxylation is 2. The molecule has 1 unspecified atom stereocenters. The predicted molar refractivity (Wildman–Crippen MR) is 99.6 cm³/mol. The molecule has 1 aliphatic heterocycles. The van der Waals surface area contributed by atoms with Crippen LogP contribution in [0, 0.1) is 25.7 Å². The van der Waals surface area contributed by atoms with Crippen LogP contribution in [0.5, 0.6) is 0 Å². The lowest BCUT2D eigenvalue weighted by atomic mass is 9.86. The quantitative estimate of drug-likeness (QED) is 0.868. The summed E-state index contributed by atoms with van der Waals surface area (Å²) in [5.41, 5.74) is 3.40. The van der Waals surface area contributed by atoms with Crippen LogP contribution in [0.3, 0.4) is 0 Å². The van der Waals surface area contributed by atoms with Crippen molar-refractivity contribution in [2.24, 2.45) is 17.0 Å². The van der Waals surface area contributed by atoms with Gasteiger partial charge in [0.05, 0.1) is 5.52 Å². The number of rotatable bonds is 5. The smallest absolute Gasteiger partial charge is 0.276 e. The van der Waals surface area contributed by atoms with E-state index in [9.17, 15) is 8.42 Å². The number of nitrogens with zero attached hydrogens (tertiary/aromatic N) is 4. The molecule has 136 valence electrons. The first-order valence-electron chi connectivity index (χ1n) is 8.37. The van der Waals surface area contributed by atoms with Crippen molar-refractivity contribution in [3.63, 3.8) is 0 Å². The molecule has 1 aliphatic rings. The maximum Gasteiger partial charge on any atom is 0.276 e. The van der Waals surface area contributed by atoms with Crippen molar-refractivity contribution in [3.8, 4) is 0 Å². The Balaban J connectivity index is 1.73. The van der Waals surface area contributed by atoms with E-state index in [2.05, 4.69) is 47.8 Å². The lowest BCUT2D eigenvalue weighted by molar-refractivity contribution is 0.253. The monoisotopic (exact) mass is 363 g/mol. The van der Waals surface area contributed by atoms with Gasteiger partial charge >= 0.3 is 0 Å². The van der Waals surface area contributed by atoms with Crippen molar-refractivity contribution < 1.29 is 8.42 Å². The highest BCUT2D eigenvalue weighted by Crippen LogP contribution is 2.33. The Morgan fingerprint density at radius 2 is 1.92 bits per heavy atom. The van der Waals surface area contributed by atoms with Gasteiger partial charge in [-0.25, -0.2) is 15.1 Å². The average Bonchev–Trinajstić information content (AvgIpc) is 2.46. The summed E-state index contributed by atoms with van der Waals surface area (Å²) < 4.78 is 23.9. The van der Waals surface area contributed by atoms with Crippen LogP contribution >= 0.6 is 0 Å². The van der Waals surface area contributed by atoms with Gasteiger partial charge in [-0.2, -0.15) is 12.7 Å². The topological polar surface area (TPSA) is 92.4 Å². The van der Waals surface area contributed by atoms with Crippen LogP contribution in [0.2, 0.25) is 0 Å². The molecule has 8 heteroatoms. The van der Waals surface area contributed by atoms with Crippen molar-refractivity contribution in [1.82, 2.24) is 14.3 Å². The fourth-order valence-electron chi connectivity index (χ4n) is 3.26. The molecular formula is C17H25N5O2S. The van der Waals surface area contributed by atoms with E-state index in [0.29, 0.717) is 12.5 Å². The van der Waals surface area contributed by atoms with Crippen LogP contribution in [0.25, 0.3) is 10.9 Å². The first-order chi connectivity index (χ1) is 11.7. The van der Waals surface area contributed by atoms with E-state index in [0.717, 1.165) is 29.8 Å². The maximum absolute atomic E-state index is 11.4. The number of benzene rings is 1. The number of fused-ring (bicyclic) bond motifs is 1. The standard InChI is InChI=1S/C17H25N5O2S/c1-11-5-15-16(6-12(11)2)19-10-20-17(15)22-8-14(9-22)13(3)7-21(4)25(18,23)24/h5-6,10,13-14H,7-9H2,1-4H3,(H2,18,23,24). The maximum atomic E-state index is 11.4. The summed E-state index contributed by atoms with van der Waals surface area (Å²) in [5.74, 6) is 1.61. The van der Waals surface area contributed by atoms with Gasteiger partial charge in [0.2, 0.25) is 0 Å². The highest BCUT2D eigenvalue weighted by molar-refractivity contribution is 7.86. The lowest BCUT2D eigenvalue weighted by Gasteiger charge is -2.44. The first kappa shape index (κ1) is 18.0. The first-order valence-corrected chi connectivity index (χ1v) is 9.88. The van der Waals surface area contributed by atoms with Crippen molar-refractivity contribution >= 4 is 26.9 Å². The van der Waals surface area contributed by atoms with Crippen molar-refractivity contribution in [1.29, 1.82) is 0 Å². The molecule has 1 atom stereocenters. The van der Waals surface area contributed by atoms with Crippen LogP contribution in [0.4, 0.5) is 5.82 Å². The van der Waals surface area contributed by atoms with Gasteiger partial charge in [0.1, 0.15) is 12.1 Å². The normalized spacial score (nSPS) is 17.1. The summed E-state index contributed by atoms with van der Waals surface area (Å²) in [6.45, 7) is 8.39. The third-order valence-corrected chi connectivity index (χ3v) is 6.24. The summed E-state index contributed by atoms with van der Waals surface area (Å²) in [6, 6.07) is 4.24. The third kappa shape index (κ3) is 3.61. The number of aromatic nitrogens is 2. The molecule has 1 saturated heterocycles. The number of hydrogen-bond donors (Lipinski definition) is 1. The molecule has 2 N–H and O–H groups in total. The third-order valence-electron chi connectivity index (χ3n) is 5.22. The van der Waals surface area contributed by atoms with Gasteiger partial charge in [-0.15, -0.1) is 0 Å². The van der Waals surface area contributed by atoms with Gasteiger partial charge < -0.3 is 4.90 Å². The summed E-state index contributed by atoms with van der Waals surface area (Å²) in [7, 11) is -2.10. The molecule has 0 bridgehead atoms. The van der Waals surface area contributed by atoms with E-state index in [-0.39, 0.29) is 5.92 Å². The summed E-state index contributed by atoms with van der Waals surface area (Å²) >= 11 is 0. The molecule has 2 aromatic rings. The predicted octanol–water partition coefficient (Wildman–Crippen LogP) is 1.45. The van der Waals surface area contributed by atoms with Crippen molar-refractivity contribution in [2.45, 2.75) is 20.8 Å². The molecule has 0 radical (unpaired) electrons. The van der Waals surface area contributed by atoms with E-state index >= 15 is 0 Å². The Labute approximate surface area is 149 Å². The second-order valence-corrected chi connectivity index (χ2v) is 8.77. The Morgan fingerprint density at radius 1 is 1.28 bits per heavy atom. The number of hydrogen-bond acceptors (Lipinski definition) is 5. The molecular weight excluding hydrogens is 338 g/mol. The van der Waals surface area contributed by atoms with Gasteiger partial charge in [-0.05, 0) is 48.9 Å². The molecule has 7 nitrogen and oxygen atoms in total. The van der Waals surface area contributed by atoms with Crippen LogP contribution in [-0.4, -0.2) is 49.4 Å². The van der Waals surface area contributed by atoms with Crippen LogP contribution in [0.1, 0.15) is 18.1 Å². The van der Waals surface area contributed by atoms with E-state index in [1.165, 1.54) is 22.5 Å². The molecule has 0 saturated carbocycles. The lowest BCUT2D eigenvalue weighted by Crippen LogP contribution is -2.52. The van der Waals surface area contributed by atoms with Crippen LogP contribution < -0.4 is 10.0 Å². The summed E-state index contributed by atoms with van der Waals surface area (Å²) in [5, 5.41) is 6.23. The van der Waals surface area contributed by atoms with E-state index in [4.69, 9.17) is 5.14 Å². The highest BCUT2D eigenvalue weighted by Gasteiger charge is 2.34. The van der Waals surface area contributed by atoms with E-state index in [1.54, 1.807) is 6.33 Å². The van der Waals surface area contributed by atoms with Crippen LogP contribution in [-0.2, 0) is 10.2 Å². The molecule has 1 fully saturated rings. The summed E-state index contributed by atoms with van der Waals surface area (Å²) in [6.07, 6.45) is 1.61.